The second kappa shape index (κ2) is 4.28. The topological polar surface area (TPSA) is 48.8 Å². The molecule has 1 rings (SSSR count). The summed E-state index contributed by atoms with van der Waals surface area (Å²) in [5.74, 6) is -0.319. The Morgan fingerprint density at radius 3 is 2.50 bits per heavy atom. The summed E-state index contributed by atoms with van der Waals surface area (Å²) in [5.41, 5.74) is 0.737. The molecule has 48 valence electrons. The zero-order valence-electron chi connectivity index (χ0n) is 5.76. The van der Waals surface area contributed by atoms with Gasteiger partial charge >= 0.3 is 29.6 Å². The average molecular weight is 211 g/mol. The quantitative estimate of drug-likeness (QED) is 0.450. The van der Waals surface area contributed by atoms with Gasteiger partial charge in [-0.15, -0.1) is 0 Å². The maximum atomic E-state index is 10.6. The smallest absolute Gasteiger partial charge is 0.857 e. The summed E-state index contributed by atoms with van der Waals surface area (Å²) < 4.78 is 0.468. The Morgan fingerprint density at radius 2 is 2.10 bits per heavy atom. The van der Waals surface area contributed by atoms with E-state index in [1.807, 2.05) is 0 Å². The largest absolute Gasteiger partial charge is 1.00 e. The van der Waals surface area contributed by atoms with E-state index in [9.17, 15) is 5.11 Å². The van der Waals surface area contributed by atoms with Crippen molar-refractivity contribution in [1.29, 1.82) is 0 Å². The van der Waals surface area contributed by atoms with Crippen molar-refractivity contribution < 1.29 is 34.7 Å². The molecule has 1 aromatic heterocycles. The van der Waals surface area contributed by atoms with Crippen LogP contribution in [0.25, 0.3) is 0 Å². The van der Waals surface area contributed by atoms with E-state index < -0.39 is 0 Å². The van der Waals surface area contributed by atoms with Gasteiger partial charge in [0.25, 0.3) is 0 Å². The van der Waals surface area contributed by atoms with E-state index in [4.69, 9.17) is 0 Å². The molecule has 0 fully saturated rings. The van der Waals surface area contributed by atoms with Gasteiger partial charge in [0, 0.05) is 10.4 Å². The Balaban J connectivity index is 0.000000810. The number of rotatable bonds is 0. The Labute approximate surface area is 89.3 Å². The molecule has 3 nitrogen and oxygen atoms in total. The van der Waals surface area contributed by atoms with Crippen LogP contribution in [-0.2, 0) is 0 Å². The van der Waals surface area contributed by atoms with E-state index in [1.165, 1.54) is 0 Å². The molecule has 0 aromatic carbocycles. The number of nitrogens with zero attached hydrogens (tertiary/aromatic N) is 2. The third-order valence-corrected chi connectivity index (χ3v) is 1.41. The molecule has 0 bridgehead atoms. The molecule has 0 atom stereocenters. The molecule has 1 heterocycles. The van der Waals surface area contributed by atoms with Gasteiger partial charge in [0.15, 0.2) is 0 Å². The minimum Gasteiger partial charge on any atom is -0.857 e. The van der Waals surface area contributed by atoms with E-state index in [2.05, 4.69) is 26.1 Å². The number of hydrogen-bond donors (Lipinski definition) is 0. The first-order valence-corrected chi connectivity index (χ1v) is 3.16. The van der Waals surface area contributed by atoms with Crippen LogP contribution in [0.4, 0.5) is 0 Å². The van der Waals surface area contributed by atoms with Crippen molar-refractivity contribution >= 4 is 15.9 Å². The third-order valence-electron chi connectivity index (χ3n) is 0.838. The summed E-state index contributed by atoms with van der Waals surface area (Å²) in [4.78, 5) is 0. The van der Waals surface area contributed by atoms with Gasteiger partial charge in [-0.1, -0.05) is 0 Å². The molecular weight excluding hydrogens is 207 g/mol. The monoisotopic (exact) mass is 210 g/mol. The summed E-state index contributed by atoms with van der Waals surface area (Å²) in [6, 6.07) is 1.63. The number of aromatic nitrogens is 2. The van der Waals surface area contributed by atoms with E-state index >= 15 is 0 Å². The minimum absolute atomic E-state index is 0. The predicted octanol–water partition coefficient (Wildman–Crippen LogP) is -2.37. The summed E-state index contributed by atoms with van der Waals surface area (Å²) in [7, 11) is 0. The Bertz CT molecular complexity index is 231. The fourth-order valence-corrected chi connectivity index (χ4v) is 0.857. The first-order chi connectivity index (χ1) is 4.20. The molecule has 0 unspecified atom stereocenters. The molecule has 0 spiro atoms. The van der Waals surface area contributed by atoms with Crippen molar-refractivity contribution in [3.63, 3.8) is 0 Å². The van der Waals surface area contributed by atoms with Gasteiger partial charge in [-0.25, -0.2) is 0 Å². The van der Waals surface area contributed by atoms with Crippen LogP contribution in [0.15, 0.2) is 10.5 Å². The molecule has 0 aliphatic carbocycles. The van der Waals surface area contributed by atoms with Crippen LogP contribution in [0.5, 0.6) is 5.88 Å². The zero-order chi connectivity index (χ0) is 6.85. The van der Waals surface area contributed by atoms with Crippen LogP contribution in [0.2, 0.25) is 0 Å². The molecule has 5 heteroatoms. The standard InChI is InChI=1S/C5H5BrN2O.Na/c1-3-2-4(6)5(9)8-7-3;/h2H,1H3,(H,8,9);/q;+1/p-1. The summed E-state index contributed by atoms with van der Waals surface area (Å²) in [6.45, 7) is 1.78. The molecule has 10 heavy (non-hydrogen) atoms. The van der Waals surface area contributed by atoms with Gasteiger partial charge in [-0.2, -0.15) is 10.2 Å². The Hall–Kier alpha value is 0.360. The van der Waals surface area contributed by atoms with Crippen molar-refractivity contribution in [1.82, 2.24) is 10.2 Å². The Morgan fingerprint density at radius 1 is 1.50 bits per heavy atom. The first kappa shape index (κ1) is 10.4. The molecule has 1 aromatic rings. The van der Waals surface area contributed by atoms with Gasteiger partial charge in [-0.3, -0.25) is 0 Å². The van der Waals surface area contributed by atoms with Crippen LogP contribution < -0.4 is 34.7 Å². The molecule has 0 saturated heterocycles. The van der Waals surface area contributed by atoms with E-state index in [0.717, 1.165) is 5.69 Å². The second-order valence-electron chi connectivity index (χ2n) is 1.64. The molecule has 0 saturated carbocycles. The summed E-state index contributed by atoms with van der Waals surface area (Å²) >= 11 is 3.03. The van der Waals surface area contributed by atoms with E-state index in [1.54, 1.807) is 13.0 Å². The molecular formula is C5H4BrN2NaO. The van der Waals surface area contributed by atoms with Crippen molar-refractivity contribution in [3.8, 4) is 5.88 Å². The summed E-state index contributed by atoms with van der Waals surface area (Å²) in [5, 5.41) is 17.4. The fourth-order valence-electron chi connectivity index (χ4n) is 0.446. The third kappa shape index (κ3) is 2.54. The van der Waals surface area contributed by atoms with Gasteiger partial charge in [-0.05, 0) is 28.9 Å². The molecule has 0 amide bonds. The number of halogens is 1. The van der Waals surface area contributed by atoms with Gasteiger partial charge in [0.2, 0.25) is 0 Å². The summed E-state index contributed by atoms with van der Waals surface area (Å²) in [6.07, 6.45) is 0. The minimum atomic E-state index is -0.319. The van der Waals surface area contributed by atoms with Gasteiger partial charge < -0.3 is 5.11 Å². The molecule has 0 N–H and O–H groups in total. The normalized spacial score (nSPS) is 8.60. The van der Waals surface area contributed by atoms with Crippen LogP contribution >= 0.6 is 15.9 Å². The van der Waals surface area contributed by atoms with Crippen molar-refractivity contribution in [2.75, 3.05) is 0 Å². The van der Waals surface area contributed by atoms with Crippen LogP contribution in [0.1, 0.15) is 5.69 Å². The number of hydrogen-bond acceptors (Lipinski definition) is 3. The van der Waals surface area contributed by atoms with Crippen LogP contribution in [0, 0.1) is 6.92 Å². The SMILES string of the molecule is Cc1cc(Br)c([O-])nn1.[Na+]. The van der Waals surface area contributed by atoms with Crippen molar-refractivity contribution in [3.05, 3.63) is 16.2 Å². The van der Waals surface area contributed by atoms with Crippen LogP contribution in [0.3, 0.4) is 0 Å². The predicted molar refractivity (Wildman–Crippen MR) is 33.9 cm³/mol. The maximum absolute atomic E-state index is 10.6. The van der Waals surface area contributed by atoms with Crippen molar-refractivity contribution in [2.24, 2.45) is 0 Å². The average Bonchev–Trinajstić information content (AvgIpc) is 1.80. The van der Waals surface area contributed by atoms with Crippen molar-refractivity contribution in [2.45, 2.75) is 6.92 Å². The number of aryl methyl sites for hydroxylation is 1. The first-order valence-electron chi connectivity index (χ1n) is 2.37. The van der Waals surface area contributed by atoms with Gasteiger partial charge in [0.05, 0.1) is 5.69 Å². The van der Waals surface area contributed by atoms with Crippen LogP contribution in [-0.4, -0.2) is 10.2 Å². The van der Waals surface area contributed by atoms with E-state index in [0.29, 0.717) is 4.47 Å². The van der Waals surface area contributed by atoms with E-state index in [-0.39, 0.29) is 35.4 Å². The van der Waals surface area contributed by atoms with Gasteiger partial charge in [0.1, 0.15) is 0 Å². The second-order valence-corrected chi connectivity index (χ2v) is 2.49. The fraction of sp³-hybridized carbons (Fsp3) is 0.200. The molecule has 0 aliphatic heterocycles. The maximum Gasteiger partial charge on any atom is 1.00 e. The molecule has 0 radical (unpaired) electrons. The Kier molecular flexibility index (Phi) is 4.44. The molecule has 0 aliphatic rings. The zero-order valence-corrected chi connectivity index (χ0v) is 9.34.